The van der Waals surface area contributed by atoms with Gasteiger partial charge in [0.05, 0.1) is 18.6 Å². The third-order valence-corrected chi connectivity index (χ3v) is 5.58. The molecule has 1 aromatic heterocycles. The van der Waals surface area contributed by atoms with E-state index >= 15 is 0 Å². The van der Waals surface area contributed by atoms with Crippen molar-refractivity contribution in [3.05, 3.63) is 39.7 Å². The smallest absolute Gasteiger partial charge is 0.359 e. The van der Waals surface area contributed by atoms with Crippen LogP contribution in [0.1, 0.15) is 49.0 Å². The highest BCUT2D eigenvalue weighted by atomic mass is 16.4. The number of hydrogen-bond donors (Lipinski definition) is 6. The van der Waals surface area contributed by atoms with Crippen LogP contribution in [0, 0.1) is 12.8 Å². The summed E-state index contributed by atoms with van der Waals surface area (Å²) >= 11 is 0. The van der Waals surface area contributed by atoms with Crippen molar-refractivity contribution in [3.63, 3.8) is 0 Å². The maximum Gasteiger partial charge on any atom is 0.359 e. The predicted octanol–water partition coefficient (Wildman–Crippen LogP) is -0.106. The minimum atomic E-state index is -0.938. The highest BCUT2D eigenvalue weighted by Crippen LogP contribution is 2.22. The quantitative estimate of drug-likeness (QED) is 0.0749. The number of nitrogens with zero attached hydrogens (tertiary/aromatic N) is 1. The molecule has 2 amide bonds. The number of nitrogens with one attached hydrogen (secondary N) is 2. The summed E-state index contributed by atoms with van der Waals surface area (Å²) in [7, 11) is 0. The van der Waals surface area contributed by atoms with E-state index in [1.54, 1.807) is 19.1 Å². The highest BCUT2D eigenvalue weighted by molar-refractivity contribution is 6.04. The molecule has 2 rings (SSSR count). The second-order valence-corrected chi connectivity index (χ2v) is 9.03. The highest BCUT2D eigenvalue weighted by Gasteiger charge is 2.24. The average molecular weight is 502 g/mol. The van der Waals surface area contributed by atoms with Crippen LogP contribution < -0.4 is 39.2 Å². The van der Waals surface area contributed by atoms with Crippen LogP contribution in [-0.4, -0.2) is 48.7 Å². The summed E-state index contributed by atoms with van der Waals surface area (Å²) in [6.45, 7) is 5.48. The third-order valence-electron chi connectivity index (χ3n) is 5.58. The lowest BCUT2D eigenvalue weighted by molar-refractivity contribution is -0.127. The van der Waals surface area contributed by atoms with Gasteiger partial charge >= 0.3 is 5.63 Å². The summed E-state index contributed by atoms with van der Waals surface area (Å²) < 4.78 is 5.24. The molecule has 1 aromatic carbocycles. The van der Waals surface area contributed by atoms with Crippen LogP contribution in [0.5, 0.6) is 0 Å². The number of rotatable bonds is 12. The second-order valence-electron chi connectivity index (χ2n) is 9.03. The molecular weight excluding hydrogens is 466 g/mol. The fourth-order valence-electron chi connectivity index (χ4n) is 3.66. The molecule has 2 aromatic rings. The number of nitrogen functional groups attached to an aromatic ring is 1. The van der Waals surface area contributed by atoms with Crippen LogP contribution in [0.3, 0.4) is 0 Å². The molecule has 0 aliphatic carbocycles. The van der Waals surface area contributed by atoms with Crippen molar-refractivity contribution in [2.45, 2.75) is 52.1 Å². The van der Waals surface area contributed by atoms with Gasteiger partial charge in [0.15, 0.2) is 11.7 Å². The molecule has 12 nitrogen and oxygen atoms in total. The zero-order valence-electron chi connectivity index (χ0n) is 20.8. The minimum Gasteiger partial charge on any atom is -0.421 e. The Balaban J connectivity index is 2.19. The predicted molar refractivity (Wildman–Crippen MR) is 138 cm³/mol. The number of carbonyl (C=O) groups is 3. The molecule has 2 atom stereocenters. The van der Waals surface area contributed by atoms with Crippen LogP contribution in [0.25, 0.3) is 11.0 Å². The van der Waals surface area contributed by atoms with E-state index in [-0.39, 0.29) is 48.2 Å². The van der Waals surface area contributed by atoms with Gasteiger partial charge < -0.3 is 38.0 Å². The van der Waals surface area contributed by atoms with E-state index in [1.807, 2.05) is 13.8 Å². The van der Waals surface area contributed by atoms with Crippen LogP contribution in [-0.2, 0) is 9.59 Å². The van der Waals surface area contributed by atoms with Gasteiger partial charge in [-0.1, -0.05) is 26.0 Å². The van der Waals surface area contributed by atoms with Crippen molar-refractivity contribution in [1.82, 2.24) is 10.6 Å². The van der Waals surface area contributed by atoms with E-state index in [1.165, 1.54) is 6.07 Å². The monoisotopic (exact) mass is 501 g/mol. The van der Waals surface area contributed by atoms with Gasteiger partial charge in [0.2, 0.25) is 11.8 Å². The Labute approximate surface area is 208 Å². The van der Waals surface area contributed by atoms with Crippen LogP contribution in [0.2, 0.25) is 0 Å². The number of nitrogens with two attached hydrogens (primary N) is 4. The van der Waals surface area contributed by atoms with Crippen molar-refractivity contribution in [2.24, 2.45) is 28.1 Å². The zero-order valence-corrected chi connectivity index (χ0v) is 20.8. The number of ketones is 1. The fraction of sp³-hybridized carbons (Fsp3) is 0.458. The molecule has 0 saturated heterocycles. The van der Waals surface area contributed by atoms with Gasteiger partial charge in [0.1, 0.15) is 11.3 Å². The normalized spacial score (nSPS) is 12.7. The van der Waals surface area contributed by atoms with Crippen LogP contribution in [0.4, 0.5) is 5.69 Å². The van der Waals surface area contributed by atoms with Gasteiger partial charge in [-0.15, -0.1) is 0 Å². The molecule has 0 spiro atoms. The number of guanidine groups is 1. The third kappa shape index (κ3) is 7.80. The average Bonchev–Trinajstić information content (AvgIpc) is 2.81. The number of Topliss-reactive ketones (excluding diaryl/α,β-unsaturated/α-hetero) is 1. The SMILES string of the molecule is Cc1c(N)c(=O)oc2cc(C(=O)[C@H](CCCN=C(N)N)NC(=O)CNC(=O)[C@@H](N)CC(C)C)ccc12. The lowest BCUT2D eigenvalue weighted by Gasteiger charge is -2.19. The summed E-state index contributed by atoms with van der Waals surface area (Å²) in [6, 6.07) is 2.96. The Morgan fingerprint density at radius 1 is 1.17 bits per heavy atom. The lowest BCUT2D eigenvalue weighted by atomic mass is 9.98. The second kappa shape index (κ2) is 12.7. The minimum absolute atomic E-state index is 0.00149. The molecule has 0 radical (unpaired) electrons. The number of aliphatic imine (C=N–C) groups is 1. The largest absolute Gasteiger partial charge is 0.421 e. The Bertz CT molecular complexity index is 1200. The maximum absolute atomic E-state index is 13.3. The Kier molecular flexibility index (Phi) is 9.97. The summed E-state index contributed by atoms with van der Waals surface area (Å²) in [5.74, 6) is -1.28. The first-order chi connectivity index (χ1) is 16.9. The Morgan fingerprint density at radius 2 is 1.86 bits per heavy atom. The molecule has 0 fully saturated rings. The van der Waals surface area contributed by atoms with E-state index in [0.29, 0.717) is 23.8 Å². The number of anilines is 1. The summed E-state index contributed by atoms with van der Waals surface area (Å²) in [4.78, 5) is 53.9. The topological polar surface area (TPSA) is 222 Å². The molecule has 0 aliphatic heterocycles. The Morgan fingerprint density at radius 3 is 2.50 bits per heavy atom. The number of aryl methyl sites for hydroxylation is 1. The lowest BCUT2D eigenvalue weighted by Crippen LogP contribution is -2.48. The van der Waals surface area contributed by atoms with E-state index in [9.17, 15) is 19.2 Å². The van der Waals surface area contributed by atoms with E-state index in [4.69, 9.17) is 27.4 Å². The van der Waals surface area contributed by atoms with E-state index in [0.717, 1.165) is 0 Å². The van der Waals surface area contributed by atoms with Crippen molar-refractivity contribution in [2.75, 3.05) is 18.8 Å². The van der Waals surface area contributed by atoms with Crippen molar-refractivity contribution < 1.29 is 18.8 Å². The number of carbonyl (C=O) groups excluding carboxylic acids is 3. The molecule has 0 aliphatic rings. The van der Waals surface area contributed by atoms with Gasteiger partial charge in [0, 0.05) is 17.5 Å². The molecular formula is C24H35N7O5. The van der Waals surface area contributed by atoms with Gasteiger partial charge in [-0.05, 0) is 43.7 Å². The first-order valence-corrected chi connectivity index (χ1v) is 11.7. The first kappa shape index (κ1) is 28.3. The van der Waals surface area contributed by atoms with E-state index < -0.39 is 35.3 Å². The first-order valence-electron chi connectivity index (χ1n) is 11.7. The summed E-state index contributed by atoms with van der Waals surface area (Å²) in [6.07, 6.45) is 1.10. The van der Waals surface area contributed by atoms with Crippen molar-refractivity contribution >= 4 is 40.2 Å². The molecule has 0 unspecified atom stereocenters. The van der Waals surface area contributed by atoms with Crippen LogP contribution in [0.15, 0.2) is 32.4 Å². The molecule has 0 saturated carbocycles. The van der Waals surface area contributed by atoms with Crippen molar-refractivity contribution in [1.29, 1.82) is 0 Å². The zero-order chi connectivity index (χ0) is 27.0. The van der Waals surface area contributed by atoms with Gasteiger partial charge in [-0.3, -0.25) is 19.4 Å². The number of fused-ring (bicyclic) bond motifs is 1. The van der Waals surface area contributed by atoms with E-state index in [2.05, 4.69) is 15.6 Å². The standard InChI is InChI=1S/C24H35N7O5/c1-12(2)9-16(25)22(34)30-11-19(32)31-17(5-4-8-29-24(27)28)21(33)14-6-7-15-13(3)20(26)23(35)36-18(15)10-14/h6-7,10,12,16-17H,4-5,8-9,11,25-26H2,1-3H3,(H,30,34)(H,31,32)(H4,27,28,29)/t16-,17-/m0/s1. The fourth-order valence-corrected chi connectivity index (χ4v) is 3.66. The maximum atomic E-state index is 13.3. The van der Waals surface area contributed by atoms with Gasteiger partial charge in [-0.25, -0.2) is 4.79 Å². The van der Waals surface area contributed by atoms with Crippen LogP contribution >= 0.6 is 0 Å². The Hall–Kier alpha value is -3.93. The molecule has 196 valence electrons. The molecule has 36 heavy (non-hydrogen) atoms. The molecule has 10 N–H and O–H groups in total. The van der Waals surface area contributed by atoms with Gasteiger partial charge in [0.25, 0.3) is 0 Å². The number of amides is 2. The molecule has 1 heterocycles. The molecule has 0 bridgehead atoms. The molecule has 12 heteroatoms. The van der Waals surface area contributed by atoms with Gasteiger partial charge in [-0.2, -0.15) is 0 Å². The number of hydrogen-bond acceptors (Lipinski definition) is 8. The number of benzene rings is 1. The summed E-state index contributed by atoms with van der Waals surface area (Å²) in [5, 5.41) is 5.74. The summed E-state index contributed by atoms with van der Waals surface area (Å²) in [5.41, 5.74) is 22.6. The van der Waals surface area contributed by atoms with Crippen molar-refractivity contribution in [3.8, 4) is 0 Å².